The highest BCUT2D eigenvalue weighted by Crippen LogP contribution is 2.37. The number of thiophene rings is 1. The second-order valence-electron chi connectivity index (χ2n) is 3.66. The SMILES string of the molecule is Brc1ccc2c3c(sc2c1)CC(Br)C=C3. The monoisotopic (exact) mass is 342 g/mol. The zero-order valence-corrected chi connectivity index (χ0v) is 11.8. The average Bonchev–Trinajstić information content (AvgIpc) is 2.53. The van der Waals surface area contributed by atoms with E-state index < -0.39 is 0 Å². The molecular weight excluding hydrogens is 336 g/mol. The van der Waals surface area contributed by atoms with Gasteiger partial charge in [-0.05, 0) is 24.1 Å². The lowest BCUT2D eigenvalue weighted by atomic mass is 10.0. The molecule has 2 aromatic rings. The Morgan fingerprint density at radius 1 is 1.33 bits per heavy atom. The Morgan fingerprint density at radius 3 is 3.07 bits per heavy atom. The number of alkyl halides is 1. The Kier molecular flexibility index (Phi) is 2.49. The molecule has 1 aromatic carbocycles. The Labute approximate surface area is 109 Å². The number of allylic oxidation sites excluding steroid dienone is 1. The summed E-state index contributed by atoms with van der Waals surface area (Å²) in [5, 5.41) is 1.38. The molecule has 0 saturated carbocycles. The first-order valence-corrected chi connectivity index (χ1v) is 7.30. The summed E-state index contributed by atoms with van der Waals surface area (Å²) in [6.07, 6.45) is 5.59. The number of rotatable bonds is 0. The van der Waals surface area contributed by atoms with E-state index in [2.05, 4.69) is 62.2 Å². The maximum atomic E-state index is 3.64. The molecule has 0 bridgehead atoms. The van der Waals surface area contributed by atoms with Gasteiger partial charge in [-0.2, -0.15) is 0 Å². The Hall–Kier alpha value is -0.120. The molecular formula is C12H8Br2S. The van der Waals surface area contributed by atoms with Crippen molar-refractivity contribution in [3.05, 3.63) is 39.2 Å². The summed E-state index contributed by atoms with van der Waals surface area (Å²) in [7, 11) is 0. The number of fused-ring (bicyclic) bond motifs is 3. The summed E-state index contributed by atoms with van der Waals surface area (Å²) in [5.74, 6) is 0. The second kappa shape index (κ2) is 3.72. The van der Waals surface area contributed by atoms with Gasteiger partial charge in [-0.25, -0.2) is 0 Å². The van der Waals surface area contributed by atoms with Crippen LogP contribution in [0.2, 0.25) is 0 Å². The maximum absolute atomic E-state index is 3.64. The fourth-order valence-electron chi connectivity index (χ4n) is 1.92. The topological polar surface area (TPSA) is 0 Å². The first kappa shape index (κ1) is 10.1. The van der Waals surface area contributed by atoms with Gasteiger partial charge in [0.05, 0.1) is 0 Å². The molecule has 3 heteroatoms. The minimum absolute atomic E-state index is 0.501. The molecule has 0 spiro atoms. The van der Waals surface area contributed by atoms with Gasteiger partial charge < -0.3 is 0 Å². The van der Waals surface area contributed by atoms with Gasteiger partial charge in [0.1, 0.15) is 0 Å². The molecule has 1 aliphatic rings. The minimum Gasteiger partial charge on any atom is -0.140 e. The van der Waals surface area contributed by atoms with Gasteiger partial charge in [0.2, 0.25) is 0 Å². The predicted octanol–water partition coefficient (Wildman–Crippen LogP) is 5.00. The van der Waals surface area contributed by atoms with Crippen LogP contribution in [0.4, 0.5) is 0 Å². The molecule has 3 rings (SSSR count). The van der Waals surface area contributed by atoms with Crippen LogP contribution in [0, 0.1) is 0 Å². The summed E-state index contributed by atoms with van der Waals surface area (Å²) in [4.78, 5) is 1.99. The van der Waals surface area contributed by atoms with Crippen molar-refractivity contribution in [3.63, 3.8) is 0 Å². The van der Waals surface area contributed by atoms with E-state index in [0.29, 0.717) is 4.83 Å². The average molecular weight is 344 g/mol. The van der Waals surface area contributed by atoms with Gasteiger partial charge in [-0.15, -0.1) is 11.3 Å². The molecule has 1 aliphatic carbocycles. The van der Waals surface area contributed by atoms with E-state index in [1.54, 1.807) is 0 Å². The van der Waals surface area contributed by atoms with E-state index in [-0.39, 0.29) is 0 Å². The van der Waals surface area contributed by atoms with Crippen molar-refractivity contribution in [2.45, 2.75) is 11.2 Å². The van der Waals surface area contributed by atoms with Crippen LogP contribution in [0.1, 0.15) is 10.4 Å². The molecule has 0 N–H and O–H groups in total. The van der Waals surface area contributed by atoms with Gasteiger partial charge in [-0.3, -0.25) is 0 Å². The van der Waals surface area contributed by atoms with Crippen LogP contribution in [-0.2, 0) is 6.42 Å². The fraction of sp³-hybridized carbons (Fsp3) is 0.167. The molecule has 1 heterocycles. The van der Waals surface area contributed by atoms with Crippen LogP contribution < -0.4 is 0 Å². The maximum Gasteiger partial charge on any atom is 0.0377 e. The van der Waals surface area contributed by atoms with Crippen LogP contribution in [-0.4, -0.2) is 4.83 Å². The summed E-state index contributed by atoms with van der Waals surface area (Å²) >= 11 is 9.06. The second-order valence-corrected chi connectivity index (χ2v) is 6.89. The number of hydrogen-bond donors (Lipinski definition) is 0. The lowest BCUT2D eigenvalue weighted by Crippen LogP contribution is -2.01. The van der Waals surface area contributed by atoms with Crippen molar-refractivity contribution in [1.82, 2.24) is 0 Å². The number of hydrogen-bond acceptors (Lipinski definition) is 1. The Balaban J connectivity index is 2.29. The summed E-state index contributed by atoms with van der Waals surface area (Å²) in [5.41, 5.74) is 1.42. The zero-order valence-electron chi connectivity index (χ0n) is 7.84. The highest BCUT2D eigenvalue weighted by atomic mass is 79.9. The Morgan fingerprint density at radius 2 is 2.20 bits per heavy atom. The summed E-state index contributed by atoms with van der Waals surface area (Å²) in [6, 6.07) is 6.52. The van der Waals surface area contributed by atoms with Gasteiger partial charge in [0, 0.05) is 24.3 Å². The van der Waals surface area contributed by atoms with Crippen molar-refractivity contribution in [1.29, 1.82) is 0 Å². The lowest BCUT2D eigenvalue weighted by molar-refractivity contribution is 1.05. The van der Waals surface area contributed by atoms with E-state index in [0.717, 1.165) is 10.9 Å². The third kappa shape index (κ3) is 1.71. The van der Waals surface area contributed by atoms with Crippen LogP contribution >= 0.6 is 43.2 Å². The molecule has 0 nitrogen and oxygen atoms in total. The molecule has 15 heavy (non-hydrogen) atoms. The fourth-order valence-corrected chi connectivity index (χ4v) is 4.41. The molecule has 0 saturated heterocycles. The first-order valence-electron chi connectivity index (χ1n) is 4.77. The van der Waals surface area contributed by atoms with Crippen molar-refractivity contribution in [2.75, 3.05) is 0 Å². The molecule has 0 fully saturated rings. The molecule has 0 radical (unpaired) electrons. The molecule has 0 aliphatic heterocycles. The smallest absolute Gasteiger partial charge is 0.0377 e. The molecule has 1 aromatic heterocycles. The highest BCUT2D eigenvalue weighted by Gasteiger charge is 2.16. The van der Waals surface area contributed by atoms with Crippen LogP contribution in [0.5, 0.6) is 0 Å². The molecule has 0 amide bonds. The quantitative estimate of drug-likeness (QED) is 0.591. The molecule has 76 valence electrons. The lowest BCUT2D eigenvalue weighted by Gasteiger charge is -2.09. The van der Waals surface area contributed by atoms with E-state index >= 15 is 0 Å². The van der Waals surface area contributed by atoms with Crippen molar-refractivity contribution in [2.24, 2.45) is 0 Å². The molecule has 1 unspecified atom stereocenters. The van der Waals surface area contributed by atoms with E-state index in [1.807, 2.05) is 11.3 Å². The normalized spacial score (nSPS) is 19.5. The largest absolute Gasteiger partial charge is 0.140 e. The highest BCUT2D eigenvalue weighted by molar-refractivity contribution is 9.10. The number of benzene rings is 1. The predicted molar refractivity (Wildman–Crippen MR) is 75.0 cm³/mol. The van der Waals surface area contributed by atoms with Crippen LogP contribution in [0.3, 0.4) is 0 Å². The third-order valence-electron chi connectivity index (χ3n) is 2.62. The van der Waals surface area contributed by atoms with E-state index in [4.69, 9.17) is 0 Å². The third-order valence-corrected chi connectivity index (χ3v) is 4.93. The Bertz CT molecular complexity index is 554. The van der Waals surface area contributed by atoms with Crippen molar-refractivity contribution >= 4 is 59.4 Å². The number of halogens is 2. The summed E-state index contributed by atoms with van der Waals surface area (Å²) in [6.45, 7) is 0. The first-order chi connectivity index (χ1) is 7.24. The molecule has 1 atom stereocenters. The van der Waals surface area contributed by atoms with Gasteiger partial charge >= 0.3 is 0 Å². The van der Waals surface area contributed by atoms with Gasteiger partial charge in [-0.1, -0.05) is 50.1 Å². The van der Waals surface area contributed by atoms with Crippen molar-refractivity contribution < 1.29 is 0 Å². The van der Waals surface area contributed by atoms with Crippen molar-refractivity contribution in [3.8, 4) is 0 Å². The van der Waals surface area contributed by atoms with Crippen LogP contribution in [0.15, 0.2) is 28.7 Å². The van der Waals surface area contributed by atoms with E-state index in [1.165, 1.54) is 20.5 Å². The van der Waals surface area contributed by atoms with Gasteiger partial charge in [0.15, 0.2) is 0 Å². The van der Waals surface area contributed by atoms with E-state index in [9.17, 15) is 0 Å². The zero-order chi connectivity index (χ0) is 10.4. The summed E-state index contributed by atoms with van der Waals surface area (Å²) < 4.78 is 2.54. The van der Waals surface area contributed by atoms with Gasteiger partial charge in [0.25, 0.3) is 0 Å². The standard InChI is InChI=1S/C12H8Br2S/c13-7-1-3-9-10-4-2-8(14)6-12(10)15-11(9)5-7/h1-5,8H,6H2. The van der Waals surface area contributed by atoms with Crippen LogP contribution in [0.25, 0.3) is 16.2 Å². The minimum atomic E-state index is 0.501.